The van der Waals surface area contributed by atoms with E-state index in [1.54, 1.807) is 12.1 Å². The van der Waals surface area contributed by atoms with Crippen molar-refractivity contribution in [1.29, 1.82) is 0 Å². The molecule has 4 heteroatoms. The van der Waals surface area contributed by atoms with E-state index in [-0.39, 0.29) is 5.82 Å². The second-order valence-electron chi connectivity index (χ2n) is 5.88. The number of halogens is 1. The second-order valence-corrected chi connectivity index (χ2v) is 6.91. The van der Waals surface area contributed by atoms with Crippen molar-refractivity contribution in [2.75, 3.05) is 5.32 Å². The highest BCUT2D eigenvalue weighted by Crippen LogP contribution is 2.39. The molecule has 1 aromatic heterocycles. The molecule has 0 aliphatic heterocycles. The van der Waals surface area contributed by atoms with Gasteiger partial charge in [-0.3, -0.25) is 0 Å². The molecular weight excluding hydrogens is 247 g/mol. The van der Waals surface area contributed by atoms with Crippen LogP contribution in [0.15, 0.2) is 18.2 Å². The van der Waals surface area contributed by atoms with Crippen molar-refractivity contribution >= 4 is 26.7 Å². The summed E-state index contributed by atoms with van der Waals surface area (Å²) in [5, 5.41) is 4.41. The molecule has 0 bridgehead atoms. The van der Waals surface area contributed by atoms with Crippen LogP contribution in [0.2, 0.25) is 0 Å². The summed E-state index contributed by atoms with van der Waals surface area (Å²) in [6.07, 6.45) is 3.62. The van der Waals surface area contributed by atoms with Crippen molar-refractivity contribution in [3.05, 3.63) is 24.0 Å². The monoisotopic (exact) mass is 264 g/mol. The molecule has 0 saturated heterocycles. The number of nitrogens with one attached hydrogen (secondary N) is 1. The lowest BCUT2D eigenvalue weighted by molar-refractivity contribution is 0.378. The zero-order valence-corrected chi connectivity index (χ0v) is 11.5. The number of anilines is 1. The Balaban J connectivity index is 1.79. The van der Waals surface area contributed by atoms with Crippen LogP contribution in [0.5, 0.6) is 0 Å². The zero-order valence-electron chi connectivity index (χ0n) is 10.7. The number of rotatable bonds is 2. The first-order chi connectivity index (χ1) is 8.52. The minimum atomic E-state index is -0.195. The minimum absolute atomic E-state index is 0.195. The minimum Gasteiger partial charge on any atom is -0.359 e. The van der Waals surface area contributed by atoms with Gasteiger partial charge in [0, 0.05) is 6.04 Å². The van der Waals surface area contributed by atoms with Gasteiger partial charge in [-0.1, -0.05) is 25.2 Å². The Kier molecular flexibility index (Phi) is 2.77. The number of nitrogens with zero attached hydrogens (tertiary/aromatic N) is 1. The summed E-state index contributed by atoms with van der Waals surface area (Å²) in [5.74, 6) is -0.195. The third-order valence-electron chi connectivity index (χ3n) is 3.65. The Morgan fingerprint density at radius 2 is 2.28 bits per heavy atom. The van der Waals surface area contributed by atoms with Gasteiger partial charge in [0.15, 0.2) is 5.13 Å². The highest BCUT2D eigenvalue weighted by molar-refractivity contribution is 7.22. The largest absolute Gasteiger partial charge is 0.359 e. The molecule has 0 radical (unpaired) electrons. The summed E-state index contributed by atoms with van der Waals surface area (Å²) in [6, 6.07) is 5.26. The van der Waals surface area contributed by atoms with E-state index in [4.69, 9.17) is 0 Å². The summed E-state index contributed by atoms with van der Waals surface area (Å²) >= 11 is 1.54. The van der Waals surface area contributed by atoms with Crippen molar-refractivity contribution in [3.63, 3.8) is 0 Å². The molecule has 1 aromatic carbocycles. The molecule has 1 saturated carbocycles. The number of thiazole rings is 1. The number of fused-ring (bicyclic) bond motifs is 1. The molecule has 0 amide bonds. The fourth-order valence-electron chi connectivity index (χ4n) is 2.69. The lowest BCUT2D eigenvalue weighted by atomic mass is 9.92. The van der Waals surface area contributed by atoms with E-state index in [1.165, 1.54) is 36.7 Å². The third kappa shape index (κ3) is 2.34. The summed E-state index contributed by atoms with van der Waals surface area (Å²) < 4.78 is 14.0. The van der Waals surface area contributed by atoms with Crippen LogP contribution in [-0.2, 0) is 0 Å². The summed E-state index contributed by atoms with van der Waals surface area (Å²) in [4.78, 5) is 4.51. The molecule has 2 aromatic rings. The maximum atomic E-state index is 13.1. The van der Waals surface area contributed by atoms with Gasteiger partial charge in [-0.15, -0.1) is 0 Å². The number of hydrogen-bond acceptors (Lipinski definition) is 3. The van der Waals surface area contributed by atoms with E-state index in [0.717, 1.165) is 15.3 Å². The van der Waals surface area contributed by atoms with E-state index in [2.05, 4.69) is 24.1 Å². The average molecular weight is 264 g/mol. The molecule has 1 aliphatic carbocycles. The van der Waals surface area contributed by atoms with E-state index in [9.17, 15) is 4.39 Å². The van der Waals surface area contributed by atoms with Crippen LogP contribution in [0.1, 0.15) is 33.1 Å². The highest BCUT2D eigenvalue weighted by Gasteiger charge is 2.31. The van der Waals surface area contributed by atoms with Crippen molar-refractivity contribution in [3.8, 4) is 0 Å². The van der Waals surface area contributed by atoms with Crippen molar-refractivity contribution in [2.24, 2.45) is 5.41 Å². The molecule has 1 aliphatic rings. The summed E-state index contributed by atoms with van der Waals surface area (Å²) in [6.45, 7) is 4.62. The van der Waals surface area contributed by atoms with Crippen LogP contribution in [0.4, 0.5) is 9.52 Å². The van der Waals surface area contributed by atoms with Gasteiger partial charge < -0.3 is 5.32 Å². The topological polar surface area (TPSA) is 24.9 Å². The van der Waals surface area contributed by atoms with Gasteiger partial charge in [0.1, 0.15) is 5.82 Å². The van der Waals surface area contributed by atoms with Crippen LogP contribution in [0, 0.1) is 11.2 Å². The number of aromatic nitrogens is 1. The molecule has 1 unspecified atom stereocenters. The van der Waals surface area contributed by atoms with Crippen molar-refractivity contribution in [2.45, 2.75) is 39.2 Å². The Morgan fingerprint density at radius 3 is 3.00 bits per heavy atom. The summed E-state index contributed by atoms with van der Waals surface area (Å²) in [7, 11) is 0. The molecule has 18 heavy (non-hydrogen) atoms. The smallest absolute Gasteiger partial charge is 0.184 e. The van der Waals surface area contributed by atoms with Crippen LogP contribution < -0.4 is 5.32 Å². The first-order valence-electron chi connectivity index (χ1n) is 6.34. The van der Waals surface area contributed by atoms with Crippen molar-refractivity contribution < 1.29 is 4.39 Å². The summed E-state index contributed by atoms with van der Waals surface area (Å²) in [5.41, 5.74) is 1.31. The molecule has 1 heterocycles. The number of hydrogen-bond donors (Lipinski definition) is 1. The normalized spacial score (nSPS) is 22.5. The maximum absolute atomic E-state index is 13.1. The molecule has 1 N–H and O–H groups in total. The standard InChI is InChI=1S/C14H17FN2S/c1-14(2)6-5-10(8-14)16-13-17-11-4-3-9(15)7-12(11)18-13/h3-4,7,10H,5-6,8H2,1-2H3,(H,16,17). The third-order valence-corrected chi connectivity index (χ3v) is 4.60. The molecule has 3 rings (SSSR count). The molecule has 1 atom stereocenters. The molecular formula is C14H17FN2S. The quantitative estimate of drug-likeness (QED) is 0.868. The molecule has 1 fully saturated rings. The van der Waals surface area contributed by atoms with Gasteiger partial charge in [0.05, 0.1) is 10.2 Å². The molecule has 2 nitrogen and oxygen atoms in total. The molecule has 96 valence electrons. The van der Waals surface area contributed by atoms with Gasteiger partial charge in [-0.05, 0) is 42.9 Å². The number of benzene rings is 1. The van der Waals surface area contributed by atoms with Gasteiger partial charge >= 0.3 is 0 Å². The maximum Gasteiger partial charge on any atom is 0.184 e. The predicted molar refractivity (Wildman–Crippen MR) is 74.6 cm³/mol. The van der Waals surface area contributed by atoms with Crippen LogP contribution in [-0.4, -0.2) is 11.0 Å². The SMILES string of the molecule is CC1(C)CCC(Nc2nc3ccc(F)cc3s2)C1. The zero-order chi connectivity index (χ0) is 12.8. The second kappa shape index (κ2) is 4.19. The van der Waals surface area contributed by atoms with Gasteiger partial charge in [0.25, 0.3) is 0 Å². The van der Waals surface area contributed by atoms with Gasteiger partial charge in [-0.2, -0.15) is 0 Å². The lowest BCUT2D eigenvalue weighted by Gasteiger charge is -2.17. The van der Waals surface area contributed by atoms with Gasteiger partial charge in [0.2, 0.25) is 0 Å². The van der Waals surface area contributed by atoms with Crippen LogP contribution in [0.3, 0.4) is 0 Å². The highest BCUT2D eigenvalue weighted by atomic mass is 32.1. The van der Waals surface area contributed by atoms with E-state index >= 15 is 0 Å². The van der Waals surface area contributed by atoms with E-state index < -0.39 is 0 Å². The fourth-order valence-corrected chi connectivity index (χ4v) is 3.66. The van der Waals surface area contributed by atoms with E-state index in [1.807, 2.05) is 0 Å². The average Bonchev–Trinajstić information content (AvgIpc) is 2.81. The predicted octanol–water partition coefficient (Wildman–Crippen LogP) is 4.43. The Hall–Kier alpha value is -1.16. The lowest BCUT2D eigenvalue weighted by Crippen LogP contribution is -2.17. The van der Waals surface area contributed by atoms with Gasteiger partial charge in [-0.25, -0.2) is 9.37 Å². The van der Waals surface area contributed by atoms with E-state index in [0.29, 0.717) is 11.5 Å². The molecule has 0 spiro atoms. The first-order valence-corrected chi connectivity index (χ1v) is 7.16. The fraction of sp³-hybridized carbons (Fsp3) is 0.500. The first kappa shape index (κ1) is 11.9. The van der Waals surface area contributed by atoms with Crippen LogP contribution in [0.25, 0.3) is 10.2 Å². The Labute approximate surface area is 110 Å². The Bertz CT molecular complexity index is 576. The Morgan fingerprint density at radius 1 is 1.44 bits per heavy atom. The van der Waals surface area contributed by atoms with Crippen LogP contribution >= 0.6 is 11.3 Å². The van der Waals surface area contributed by atoms with Crippen molar-refractivity contribution in [1.82, 2.24) is 4.98 Å².